The Morgan fingerprint density at radius 1 is 1.53 bits per heavy atom. The first-order chi connectivity index (χ1) is 7.15. The van der Waals surface area contributed by atoms with Crippen molar-refractivity contribution in [1.29, 1.82) is 0 Å². The fourth-order valence-corrected chi connectivity index (χ4v) is 2.73. The highest BCUT2D eigenvalue weighted by Crippen LogP contribution is 2.28. The summed E-state index contributed by atoms with van der Waals surface area (Å²) in [5.41, 5.74) is 0. The van der Waals surface area contributed by atoms with Gasteiger partial charge in [0, 0.05) is 11.4 Å². The molecule has 1 rings (SSSR count). The lowest BCUT2D eigenvalue weighted by atomic mass is 10.2. The Morgan fingerprint density at radius 3 is 2.73 bits per heavy atom. The third-order valence-corrected chi connectivity index (χ3v) is 3.62. The van der Waals surface area contributed by atoms with Gasteiger partial charge in [0.1, 0.15) is 0 Å². The van der Waals surface area contributed by atoms with Gasteiger partial charge in [-0.2, -0.15) is 0 Å². The van der Waals surface area contributed by atoms with E-state index in [1.165, 1.54) is 4.88 Å². The predicted octanol–water partition coefficient (Wildman–Crippen LogP) is 3.00. The maximum Gasteiger partial charge on any atom is 0.0561 e. The molecular formula is C11H19ClN2S. The van der Waals surface area contributed by atoms with Crippen LogP contribution in [-0.2, 0) is 0 Å². The number of thiophene rings is 1. The summed E-state index contributed by atoms with van der Waals surface area (Å²) in [6.07, 6.45) is 1.15. The average Bonchev–Trinajstić information content (AvgIpc) is 2.58. The normalized spacial score (nSPS) is 13.4. The van der Waals surface area contributed by atoms with Gasteiger partial charge in [0.2, 0.25) is 0 Å². The fraction of sp³-hybridized carbons (Fsp3) is 0.636. The van der Waals surface area contributed by atoms with Crippen molar-refractivity contribution in [3.05, 3.63) is 21.3 Å². The Hall–Kier alpha value is -0.0900. The van der Waals surface area contributed by atoms with Gasteiger partial charge in [0.25, 0.3) is 0 Å². The Bertz CT molecular complexity index is 286. The lowest BCUT2D eigenvalue weighted by Crippen LogP contribution is -2.31. The summed E-state index contributed by atoms with van der Waals surface area (Å²) in [6, 6.07) is 2.32. The first-order valence-electron chi connectivity index (χ1n) is 5.26. The van der Waals surface area contributed by atoms with Crippen molar-refractivity contribution in [2.24, 2.45) is 0 Å². The zero-order chi connectivity index (χ0) is 11.3. The van der Waals surface area contributed by atoms with Crippen molar-refractivity contribution >= 4 is 22.9 Å². The second-order valence-electron chi connectivity index (χ2n) is 3.90. The maximum atomic E-state index is 6.15. The molecule has 0 spiro atoms. The van der Waals surface area contributed by atoms with Crippen molar-refractivity contribution in [2.45, 2.75) is 19.4 Å². The SMILES string of the molecule is CCCNC(CN(C)C)c1sccc1Cl. The maximum absolute atomic E-state index is 6.15. The van der Waals surface area contributed by atoms with Crippen LogP contribution < -0.4 is 5.32 Å². The van der Waals surface area contributed by atoms with Crippen molar-refractivity contribution in [2.75, 3.05) is 27.2 Å². The molecular weight excluding hydrogens is 228 g/mol. The summed E-state index contributed by atoms with van der Waals surface area (Å²) in [6.45, 7) is 4.20. The van der Waals surface area contributed by atoms with E-state index in [-0.39, 0.29) is 0 Å². The molecule has 86 valence electrons. The van der Waals surface area contributed by atoms with E-state index in [9.17, 15) is 0 Å². The number of nitrogens with one attached hydrogen (secondary N) is 1. The molecule has 2 nitrogen and oxygen atoms in total. The number of likely N-dealkylation sites (N-methyl/N-ethyl adjacent to an activating group) is 1. The molecule has 1 unspecified atom stereocenters. The lowest BCUT2D eigenvalue weighted by molar-refractivity contribution is 0.345. The van der Waals surface area contributed by atoms with Gasteiger partial charge in [-0.05, 0) is 38.5 Å². The molecule has 0 aliphatic heterocycles. The van der Waals surface area contributed by atoms with Crippen LogP contribution in [0.5, 0.6) is 0 Å². The van der Waals surface area contributed by atoms with E-state index in [1.807, 2.05) is 11.4 Å². The Balaban J connectivity index is 2.67. The van der Waals surface area contributed by atoms with Crippen molar-refractivity contribution in [3.8, 4) is 0 Å². The fourth-order valence-electron chi connectivity index (χ4n) is 1.48. The highest BCUT2D eigenvalue weighted by Gasteiger charge is 2.15. The second-order valence-corrected chi connectivity index (χ2v) is 5.26. The van der Waals surface area contributed by atoms with Gasteiger partial charge in [-0.3, -0.25) is 0 Å². The molecule has 0 amide bonds. The predicted molar refractivity (Wildman–Crippen MR) is 68.9 cm³/mol. The van der Waals surface area contributed by atoms with Crippen LogP contribution >= 0.6 is 22.9 Å². The molecule has 15 heavy (non-hydrogen) atoms. The average molecular weight is 247 g/mol. The first kappa shape index (κ1) is 13.0. The van der Waals surface area contributed by atoms with Gasteiger partial charge in [-0.1, -0.05) is 18.5 Å². The van der Waals surface area contributed by atoms with Crippen molar-refractivity contribution in [1.82, 2.24) is 10.2 Å². The van der Waals surface area contributed by atoms with Gasteiger partial charge in [0.05, 0.1) is 11.1 Å². The van der Waals surface area contributed by atoms with E-state index >= 15 is 0 Å². The molecule has 1 atom stereocenters. The third kappa shape index (κ3) is 4.11. The summed E-state index contributed by atoms with van der Waals surface area (Å²) in [7, 11) is 4.17. The molecule has 0 aromatic carbocycles. The van der Waals surface area contributed by atoms with Crippen molar-refractivity contribution in [3.63, 3.8) is 0 Å². The van der Waals surface area contributed by atoms with Gasteiger partial charge < -0.3 is 10.2 Å². The number of nitrogens with zero attached hydrogens (tertiary/aromatic N) is 1. The second kappa shape index (κ2) is 6.48. The van der Waals surface area contributed by atoms with Crippen LogP contribution in [0, 0.1) is 0 Å². The molecule has 0 radical (unpaired) electrons. The molecule has 1 aromatic rings. The van der Waals surface area contributed by atoms with Crippen LogP contribution in [0.4, 0.5) is 0 Å². The topological polar surface area (TPSA) is 15.3 Å². The molecule has 0 bridgehead atoms. The van der Waals surface area contributed by atoms with Gasteiger partial charge in [0.15, 0.2) is 0 Å². The Morgan fingerprint density at radius 2 is 2.27 bits per heavy atom. The number of rotatable bonds is 6. The van der Waals surface area contributed by atoms with Crippen LogP contribution in [0.3, 0.4) is 0 Å². The van der Waals surface area contributed by atoms with Crippen LogP contribution in [0.15, 0.2) is 11.4 Å². The zero-order valence-corrected chi connectivity index (χ0v) is 11.2. The number of halogens is 1. The molecule has 1 aromatic heterocycles. The summed E-state index contributed by atoms with van der Waals surface area (Å²) < 4.78 is 0. The highest BCUT2D eigenvalue weighted by atomic mass is 35.5. The molecule has 1 N–H and O–H groups in total. The van der Waals surface area contributed by atoms with Crippen LogP contribution in [0.1, 0.15) is 24.3 Å². The smallest absolute Gasteiger partial charge is 0.0561 e. The highest BCUT2D eigenvalue weighted by molar-refractivity contribution is 7.10. The summed E-state index contributed by atoms with van der Waals surface area (Å²) in [5, 5.41) is 6.46. The Kier molecular flexibility index (Phi) is 5.61. The minimum absolute atomic E-state index is 0.354. The van der Waals surface area contributed by atoms with Crippen molar-refractivity contribution < 1.29 is 0 Å². The first-order valence-corrected chi connectivity index (χ1v) is 6.52. The summed E-state index contributed by atoms with van der Waals surface area (Å²) >= 11 is 7.88. The molecule has 4 heteroatoms. The number of hydrogen-bond donors (Lipinski definition) is 1. The van der Waals surface area contributed by atoms with Gasteiger partial charge >= 0.3 is 0 Å². The molecule has 0 saturated heterocycles. The molecule has 0 fully saturated rings. The number of hydrogen-bond acceptors (Lipinski definition) is 3. The Labute approximate surface area is 101 Å². The monoisotopic (exact) mass is 246 g/mol. The molecule has 0 saturated carbocycles. The van der Waals surface area contributed by atoms with Crippen LogP contribution in [-0.4, -0.2) is 32.1 Å². The molecule has 0 aliphatic carbocycles. The van der Waals surface area contributed by atoms with E-state index in [2.05, 4.69) is 31.2 Å². The molecule has 1 heterocycles. The summed E-state index contributed by atoms with van der Waals surface area (Å²) in [4.78, 5) is 3.43. The van der Waals surface area contributed by atoms with Gasteiger partial charge in [-0.15, -0.1) is 11.3 Å². The lowest BCUT2D eigenvalue weighted by Gasteiger charge is -2.21. The minimum Gasteiger partial charge on any atom is -0.308 e. The standard InChI is InChI=1S/C11H19ClN2S/c1-4-6-13-10(8-14(2)3)11-9(12)5-7-15-11/h5,7,10,13H,4,6,8H2,1-3H3. The van der Waals surface area contributed by atoms with Gasteiger partial charge in [-0.25, -0.2) is 0 Å². The minimum atomic E-state index is 0.354. The van der Waals surface area contributed by atoms with E-state index in [0.29, 0.717) is 6.04 Å². The van der Waals surface area contributed by atoms with E-state index in [1.54, 1.807) is 11.3 Å². The van der Waals surface area contributed by atoms with Crippen LogP contribution in [0.2, 0.25) is 5.02 Å². The quantitative estimate of drug-likeness (QED) is 0.830. The van der Waals surface area contributed by atoms with Crippen LogP contribution in [0.25, 0.3) is 0 Å². The largest absolute Gasteiger partial charge is 0.308 e. The zero-order valence-electron chi connectivity index (χ0n) is 9.59. The van der Waals surface area contributed by atoms with E-state index in [4.69, 9.17) is 11.6 Å². The summed E-state index contributed by atoms with van der Waals surface area (Å²) in [5.74, 6) is 0. The van der Waals surface area contributed by atoms with E-state index < -0.39 is 0 Å². The third-order valence-electron chi connectivity index (χ3n) is 2.15. The molecule has 0 aliphatic rings. The van der Waals surface area contributed by atoms with E-state index in [0.717, 1.165) is 24.5 Å².